The molecule has 6 heteroatoms. The van der Waals surface area contributed by atoms with Crippen molar-refractivity contribution in [1.82, 2.24) is 14.8 Å². The summed E-state index contributed by atoms with van der Waals surface area (Å²) in [6.45, 7) is 0.323. The molecule has 0 aliphatic rings. The highest BCUT2D eigenvalue weighted by Gasteiger charge is 2.08. The predicted octanol–water partition coefficient (Wildman–Crippen LogP) is 0.896. The van der Waals surface area contributed by atoms with Gasteiger partial charge in [-0.25, -0.2) is 9.78 Å². The molecule has 0 spiro atoms. The van der Waals surface area contributed by atoms with Crippen LogP contribution in [0.5, 0.6) is 0 Å². The van der Waals surface area contributed by atoms with Crippen LogP contribution in [0.15, 0.2) is 30.6 Å². The van der Waals surface area contributed by atoms with E-state index in [-0.39, 0.29) is 5.69 Å². The molecule has 2 aromatic heterocycles. The van der Waals surface area contributed by atoms with E-state index in [2.05, 4.69) is 10.1 Å². The smallest absolute Gasteiger partial charge is 0.356 e. The number of pyridine rings is 1. The average Bonchev–Trinajstić information content (AvgIpc) is 2.78. The van der Waals surface area contributed by atoms with E-state index in [9.17, 15) is 4.79 Å². The molecule has 0 bridgehead atoms. The van der Waals surface area contributed by atoms with Gasteiger partial charge in [-0.05, 0) is 12.1 Å². The molecule has 0 unspecified atom stereocenters. The lowest BCUT2D eigenvalue weighted by molar-refractivity contribution is 0.0689. The molecule has 0 aliphatic heterocycles. The van der Waals surface area contributed by atoms with E-state index in [0.29, 0.717) is 17.8 Å². The minimum absolute atomic E-state index is 0.0209. The molecule has 0 fully saturated rings. The Kier molecular flexibility index (Phi) is 2.83. The number of rotatable bonds is 3. The zero-order valence-corrected chi connectivity index (χ0v) is 8.74. The monoisotopic (exact) mass is 228 g/mol. The zero-order chi connectivity index (χ0) is 12.3. The van der Waals surface area contributed by atoms with Gasteiger partial charge in [0.05, 0.1) is 6.54 Å². The van der Waals surface area contributed by atoms with Crippen LogP contribution >= 0.6 is 0 Å². The molecular formula is C11H8N4O2. The van der Waals surface area contributed by atoms with Crippen molar-refractivity contribution >= 4 is 5.97 Å². The first-order valence-electron chi connectivity index (χ1n) is 4.81. The van der Waals surface area contributed by atoms with Crippen LogP contribution in [-0.4, -0.2) is 25.8 Å². The summed E-state index contributed by atoms with van der Waals surface area (Å²) < 4.78 is 1.46. The van der Waals surface area contributed by atoms with Gasteiger partial charge in [-0.1, -0.05) is 6.07 Å². The Bertz CT molecular complexity index is 598. The molecule has 0 atom stereocenters. The molecule has 0 saturated carbocycles. The molecule has 0 aromatic carbocycles. The normalized spacial score (nSPS) is 9.82. The summed E-state index contributed by atoms with van der Waals surface area (Å²) in [5, 5.41) is 21.4. The minimum Gasteiger partial charge on any atom is -0.476 e. The van der Waals surface area contributed by atoms with Crippen molar-refractivity contribution in [3.63, 3.8) is 0 Å². The van der Waals surface area contributed by atoms with E-state index < -0.39 is 5.97 Å². The Morgan fingerprint density at radius 3 is 3.00 bits per heavy atom. The van der Waals surface area contributed by atoms with Crippen molar-refractivity contribution in [2.45, 2.75) is 6.54 Å². The second kappa shape index (κ2) is 4.45. The highest BCUT2D eigenvalue weighted by molar-refractivity contribution is 5.85. The van der Waals surface area contributed by atoms with Crippen molar-refractivity contribution in [3.05, 3.63) is 47.5 Å². The number of nitrogens with zero attached hydrogens (tertiary/aromatic N) is 4. The zero-order valence-electron chi connectivity index (χ0n) is 8.74. The summed E-state index contributed by atoms with van der Waals surface area (Å²) >= 11 is 0. The van der Waals surface area contributed by atoms with E-state index in [1.54, 1.807) is 18.3 Å². The fourth-order valence-corrected chi connectivity index (χ4v) is 1.41. The molecule has 0 saturated heterocycles. The Morgan fingerprint density at radius 1 is 1.53 bits per heavy atom. The van der Waals surface area contributed by atoms with Gasteiger partial charge in [0.2, 0.25) is 0 Å². The number of nitriles is 1. The summed E-state index contributed by atoms with van der Waals surface area (Å²) in [7, 11) is 0. The molecule has 0 amide bonds. The fraction of sp³-hybridized carbons (Fsp3) is 0.0909. The van der Waals surface area contributed by atoms with Crippen molar-refractivity contribution in [1.29, 1.82) is 5.26 Å². The SMILES string of the molecule is N#Cc1ncccc1Cn1ccc(C(=O)O)n1. The summed E-state index contributed by atoms with van der Waals surface area (Å²) in [5.41, 5.74) is 1.00. The number of carbonyl (C=O) groups is 1. The molecule has 0 aliphatic carbocycles. The standard InChI is InChI=1S/C11H8N4O2/c12-6-10-8(2-1-4-13-10)7-15-5-3-9(14-15)11(16)17/h1-5H,7H2,(H,16,17). The Balaban J connectivity index is 2.26. The average molecular weight is 228 g/mol. The predicted molar refractivity (Wildman–Crippen MR) is 57.2 cm³/mol. The van der Waals surface area contributed by atoms with Crippen LogP contribution in [-0.2, 0) is 6.54 Å². The first-order valence-corrected chi connectivity index (χ1v) is 4.81. The van der Waals surface area contributed by atoms with Crippen LogP contribution in [0.25, 0.3) is 0 Å². The third-order valence-corrected chi connectivity index (χ3v) is 2.19. The van der Waals surface area contributed by atoms with Gasteiger partial charge in [-0.3, -0.25) is 4.68 Å². The summed E-state index contributed by atoms with van der Waals surface area (Å²) in [4.78, 5) is 14.6. The summed E-state index contributed by atoms with van der Waals surface area (Å²) in [6, 6.07) is 6.86. The highest BCUT2D eigenvalue weighted by atomic mass is 16.4. The van der Waals surface area contributed by atoms with E-state index in [1.807, 2.05) is 6.07 Å². The second-order valence-electron chi connectivity index (χ2n) is 3.33. The largest absolute Gasteiger partial charge is 0.476 e. The number of hydrogen-bond acceptors (Lipinski definition) is 4. The van der Waals surface area contributed by atoms with Gasteiger partial charge >= 0.3 is 5.97 Å². The molecule has 6 nitrogen and oxygen atoms in total. The van der Waals surface area contributed by atoms with E-state index >= 15 is 0 Å². The molecule has 0 radical (unpaired) electrons. The highest BCUT2D eigenvalue weighted by Crippen LogP contribution is 2.06. The minimum atomic E-state index is -1.07. The van der Waals surface area contributed by atoms with Crippen LogP contribution in [0.4, 0.5) is 0 Å². The van der Waals surface area contributed by atoms with Gasteiger partial charge in [0.25, 0.3) is 0 Å². The number of carboxylic acid groups (broad SMARTS) is 1. The number of aromatic nitrogens is 3. The van der Waals surface area contributed by atoms with Crippen molar-refractivity contribution in [2.75, 3.05) is 0 Å². The van der Waals surface area contributed by atoms with Gasteiger partial charge in [-0.15, -0.1) is 0 Å². The Morgan fingerprint density at radius 2 is 2.35 bits per heavy atom. The lowest BCUT2D eigenvalue weighted by Crippen LogP contribution is -2.05. The van der Waals surface area contributed by atoms with Gasteiger partial charge < -0.3 is 5.11 Å². The Labute approximate surface area is 96.8 Å². The third kappa shape index (κ3) is 2.29. The topological polar surface area (TPSA) is 91.8 Å². The number of carboxylic acids is 1. The van der Waals surface area contributed by atoms with E-state index in [0.717, 1.165) is 0 Å². The first-order chi connectivity index (χ1) is 8.20. The molecule has 2 rings (SSSR count). The molecule has 2 aromatic rings. The van der Waals surface area contributed by atoms with Crippen LogP contribution in [0, 0.1) is 11.3 Å². The van der Waals surface area contributed by atoms with Crippen LogP contribution in [0.3, 0.4) is 0 Å². The molecule has 84 valence electrons. The van der Waals surface area contributed by atoms with Crippen molar-refractivity contribution in [2.24, 2.45) is 0 Å². The van der Waals surface area contributed by atoms with Gasteiger partial charge in [0, 0.05) is 18.0 Å². The van der Waals surface area contributed by atoms with Crippen molar-refractivity contribution in [3.8, 4) is 6.07 Å². The first kappa shape index (κ1) is 10.8. The van der Waals surface area contributed by atoms with Gasteiger partial charge in [-0.2, -0.15) is 10.4 Å². The van der Waals surface area contributed by atoms with E-state index in [1.165, 1.54) is 16.9 Å². The molecule has 1 N–H and O–H groups in total. The maximum absolute atomic E-state index is 10.6. The van der Waals surface area contributed by atoms with Gasteiger partial charge in [0.1, 0.15) is 11.8 Å². The summed E-state index contributed by atoms with van der Waals surface area (Å²) in [5.74, 6) is -1.07. The van der Waals surface area contributed by atoms with Crippen LogP contribution in [0.1, 0.15) is 21.7 Å². The fourth-order valence-electron chi connectivity index (χ4n) is 1.41. The van der Waals surface area contributed by atoms with E-state index in [4.69, 9.17) is 10.4 Å². The Hall–Kier alpha value is -2.68. The maximum Gasteiger partial charge on any atom is 0.356 e. The molecular weight excluding hydrogens is 220 g/mol. The summed E-state index contributed by atoms with van der Waals surface area (Å²) in [6.07, 6.45) is 3.09. The number of aromatic carboxylic acids is 1. The quantitative estimate of drug-likeness (QED) is 0.842. The molecule has 17 heavy (non-hydrogen) atoms. The lowest BCUT2D eigenvalue weighted by Gasteiger charge is -2.02. The van der Waals surface area contributed by atoms with Crippen LogP contribution < -0.4 is 0 Å². The van der Waals surface area contributed by atoms with Crippen molar-refractivity contribution < 1.29 is 9.90 Å². The second-order valence-corrected chi connectivity index (χ2v) is 3.33. The lowest BCUT2D eigenvalue weighted by atomic mass is 10.2. The molecule has 2 heterocycles. The number of hydrogen-bond donors (Lipinski definition) is 1. The van der Waals surface area contributed by atoms with Gasteiger partial charge in [0.15, 0.2) is 5.69 Å². The maximum atomic E-state index is 10.6. The third-order valence-electron chi connectivity index (χ3n) is 2.19. The van der Waals surface area contributed by atoms with Crippen LogP contribution in [0.2, 0.25) is 0 Å².